The van der Waals surface area contributed by atoms with Gasteiger partial charge in [0, 0.05) is 25.9 Å². The van der Waals surface area contributed by atoms with Crippen LogP contribution in [0.2, 0.25) is 0 Å². The largest absolute Gasteiger partial charge is 0.465 e. The van der Waals surface area contributed by atoms with E-state index >= 15 is 0 Å². The summed E-state index contributed by atoms with van der Waals surface area (Å²) in [6.07, 6.45) is -0.385. The molecular formula is C16H23N3O6. The summed E-state index contributed by atoms with van der Waals surface area (Å²) in [5, 5.41) is 9.03. The molecule has 0 radical (unpaired) electrons. The van der Waals surface area contributed by atoms with Crippen molar-refractivity contribution in [3.05, 3.63) is 23.9 Å². The van der Waals surface area contributed by atoms with Gasteiger partial charge in [-0.05, 0) is 26.8 Å². The number of carboxylic acid groups (broad SMARTS) is 1. The lowest BCUT2D eigenvalue weighted by Crippen LogP contribution is -2.37. The lowest BCUT2D eigenvalue weighted by Gasteiger charge is -2.24. The van der Waals surface area contributed by atoms with E-state index in [4.69, 9.17) is 14.6 Å². The van der Waals surface area contributed by atoms with Crippen LogP contribution >= 0.6 is 0 Å². The van der Waals surface area contributed by atoms with Crippen LogP contribution in [0.4, 0.5) is 15.4 Å². The lowest BCUT2D eigenvalue weighted by molar-refractivity contribution is -0.145. The van der Waals surface area contributed by atoms with Gasteiger partial charge in [-0.3, -0.25) is 9.69 Å². The van der Waals surface area contributed by atoms with E-state index in [2.05, 4.69) is 4.98 Å². The molecule has 9 nitrogen and oxygen atoms in total. The van der Waals surface area contributed by atoms with Crippen molar-refractivity contribution in [1.29, 1.82) is 0 Å². The first-order valence-corrected chi connectivity index (χ1v) is 7.51. The summed E-state index contributed by atoms with van der Waals surface area (Å²) in [6.45, 7) is 4.71. The van der Waals surface area contributed by atoms with Crippen LogP contribution in [0.25, 0.3) is 0 Å². The third-order valence-electron chi connectivity index (χ3n) is 2.93. The molecule has 1 rings (SSSR count). The molecule has 0 aromatic carbocycles. The number of aromatic nitrogens is 1. The summed E-state index contributed by atoms with van der Waals surface area (Å²) in [4.78, 5) is 40.7. The Labute approximate surface area is 146 Å². The van der Waals surface area contributed by atoms with Gasteiger partial charge in [-0.2, -0.15) is 0 Å². The van der Waals surface area contributed by atoms with E-state index in [1.54, 1.807) is 32.9 Å². The molecule has 1 N–H and O–H groups in total. The summed E-state index contributed by atoms with van der Waals surface area (Å²) >= 11 is 0. The predicted molar refractivity (Wildman–Crippen MR) is 89.3 cm³/mol. The number of pyridine rings is 1. The number of hydrogen-bond donors (Lipinski definition) is 1. The van der Waals surface area contributed by atoms with Gasteiger partial charge in [0.25, 0.3) is 0 Å². The molecule has 0 fully saturated rings. The number of hydrogen-bond acceptors (Lipinski definition) is 6. The first-order chi connectivity index (χ1) is 11.5. The fraction of sp³-hybridized carbons (Fsp3) is 0.500. The lowest BCUT2D eigenvalue weighted by atomic mass is 10.2. The van der Waals surface area contributed by atoms with Gasteiger partial charge in [-0.15, -0.1) is 0 Å². The molecule has 2 amide bonds. The van der Waals surface area contributed by atoms with Crippen LogP contribution in [0.3, 0.4) is 0 Å². The van der Waals surface area contributed by atoms with Crippen LogP contribution in [0.15, 0.2) is 18.3 Å². The highest BCUT2D eigenvalue weighted by Gasteiger charge is 2.22. The van der Waals surface area contributed by atoms with Gasteiger partial charge in [0.15, 0.2) is 0 Å². The molecule has 138 valence electrons. The van der Waals surface area contributed by atoms with Crippen molar-refractivity contribution in [1.82, 2.24) is 9.88 Å². The number of anilines is 1. The number of rotatable bonds is 5. The molecule has 0 bridgehead atoms. The monoisotopic (exact) mass is 353 g/mol. The molecule has 0 aliphatic carbocycles. The maximum absolute atomic E-state index is 11.9. The highest BCUT2D eigenvalue weighted by Crippen LogP contribution is 2.17. The fourth-order valence-corrected chi connectivity index (χ4v) is 1.74. The van der Waals surface area contributed by atoms with E-state index in [9.17, 15) is 14.4 Å². The minimum absolute atomic E-state index is 0.165. The maximum atomic E-state index is 11.9. The van der Waals surface area contributed by atoms with Crippen molar-refractivity contribution in [2.24, 2.45) is 0 Å². The third-order valence-corrected chi connectivity index (χ3v) is 2.93. The van der Waals surface area contributed by atoms with Gasteiger partial charge < -0.3 is 19.5 Å². The molecule has 0 unspecified atom stereocenters. The second-order valence-electron chi connectivity index (χ2n) is 6.32. The Bertz CT molecular complexity index is 641. The minimum Gasteiger partial charge on any atom is -0.465 e. The Morgan fingerprint density at radius 1 is 1.24 bits per heavy atom. The van der Waals surface area contributed by atoms with Gasteiger partial charge >= 0.3 is 18.2 Å². The average Bonchev–Trinajstić information content (AvgIpc) is 2.50. The van der Waals surface area contributed by atoms with Crippen molar-refractivity contribution in [3.63, 3.8) is 0 Å². The van der Waals surface area contributed by atoms with Crippen molar-refractivity contribution in [2.75, 3.05) is 25.5 Å². The Balaban J connectivity index is 2.63. The average molecular weight is 353 g/mol. The summed E-state index contributed by atoms with van der Waals surface area (Å²) in [5.41, 5.74) is -0.234. The molecule has 0 saturated heterocycles. The first-order valence-electron chi connectivity index (χ1n) is 7.51. The van der Waals surface area contributed by atoms with E-state index in [0.29, 0.717) is 5.56 Å². The van der Waals surface area contributed by atoms with Crippen molar-refractivity contribution in [2.45, 2.75) is 33.0 Å². The van der Waals surface area contributed by atoms with Gasteiger partial charge in [0.05, 0.1) is 0 Å². The van der Waals surface area contributed by atoms with E-state index in [-0.39, 0.29) is 19.0 Å². The standard InChI is InChI=1S/C16H23N3O6/c1-16(2,3)25-15(23)18(4)9-12(20)24-10-11-7-6-8-17-13(11)19(5)14(21)22/h6-8H,9-10H2,1-5H3,(H,21,22). The minimum atomic E-state index is -1.18. The van der Waals surface area contributed by atoms with Crippen molar-refractivity contribution in [3.8, 4) is 0 Å². The molecule has 0 atom stereocenters. The molecule has 25 heavy (non-hydrogen) atoms. The summed E-state index contributed by atoms with van der Waals surface area (Å²) in [6, 6.07) is 3.21. The number of carbonyl (C=O) groups excluding carboxylic acids is 2. The number of likely N-dealkylation sites (N-methyl/N-ethyl adjacent to an activating group) is 1. The number of ether oxygens (including phenoxy) is 2. The fourth-order valence-electron chi connectivity index (χ4n) is 1.74. The molecule has 0 saturated carbocycles. The number of carbonyl (C=O) groups is 3. The first kappa shape index (κ1) is 20.2. The zero-order chi connectivity index (χ0) is 19.2. The molecule has 0 aliphatic heterocycles. The second-order valence-corrected chi connectivity index (χ2v) is 6.32. The Kier molecular flexibility index (Phi) is 6.72. The number of amides is 2. The van der Waals surface area contributed by atoms with E-state index < -0.39 is 23.8 Å². The number of nitrogens with zero attached hydrogens (tertiary/aromatic N) is 3. The quantitative estimate of drug-likeness (QED) is 0.807. The maximum Gasteiger partial charge on any atom is 0.412 e. The molecule has 0 aliphatic rings. The van der Waals surface area contributed by atoms with Crippen LogP contribution in [0.1, 0.15) is 26.3 Å². The van der Waals surface area contributed by atoms with Crippen LogP contribution in [-0.2, 0) is 20.9 Å². The van der Waals surface area contributed by atoms with Crippen molar-refractivity contribution >= 4 is 24.0 Å². The van der Waals surface area contributed by atoms with Gasteiger partial charge in [-0.25, -0.2) is 14.6 Å². The third kappa shape index (κ3) is 6.66. The summed E-state index contributed by atoms with van der Waals surface area (Å²) in [7, 11) is 2.76. The topological polar surface area (TPSA) is 109 Å². The smallest absolute Gasteiger partial charge is 0.412 e. The van der Waals surface area contributed by atoms with Gasteiger partial charge in [0.1, 0.15) is 24.6 Å². The molecule has 1 aromatic heterocycles. The zero-order valence-corrected chi connectivity index (χ0v) is 15.0. The highest BCUT2D eigenvalue weighted by atomic mass is 16.6. The van der Waals surface area contributed by atoms with Crippen LogP contribution in [-0.4, -0.2) is 59.4 Å². The van der Waals surface area contributed by atoms with Crippen LogP contribution in [0.5, 0.6) is 0 Å². The SMILES string of the molecule is CN(CC(=O)OCc1cccnc1N(C)C(=O)O)C(=O)OC(C)(C)C. The van der Waals surface area contributed by atoms with Gasteiger partial charge in [0.2, 0.25) is 0 Å². The van der Waals surface area contributed by atoms with Gasteiger partial charge in [-0.1, -0.05) is 6.07 Å². The zero-order valence-electron chi connectivity index (χ0n) is 15.0. The Morgan fingerprint density at radius 3 is 2.44 bits per heavy atom. The second kappa shape index (κ2) is 8.32. The van der Waals surface area contributed by atoms with E-state index in [1.165, 1.54) is 20.3 Å². The summed E-state index contributed by atoms with van der Waals surface area (Å²) in [5.74, 6) is -0.482. The molecule has 9 heteroatoms. The molecular weight excluding hydrogens is 330 g/mol. The van der Waals surface area contributed by atoms with Crippen LogP contribution < -0.4 is 4.90 Å². The Morgan fingerprint density at radius 2 is 1.88 bits per heavy atom. The summed E-state index contributed by atoms with van der Waals surface area (Å²) < 4.78 is 10.2. The molecule has 1 aromatic rings. The van der Waals surface area contributed by atoms with Crippen molar-refractivity contribution < 1.29 is 29.0 Å². The normalized spacial score (nSPS) is 10.8. The highest BCUT2D eigenvalue weighted by molar-refractivity contribution is 5.85. The number of esters is 1. The Hall–Kier alpha value is -2.84. The molecule has 0 spiro atoms. The van der Waals surface area contributed by atoms with Crippen LogP contribution in [0, 0.1) is 0 Å². The predicted octanol–water partition coefficient (Wildman–Crippen LogP) is 2.11. The van der Waals surface area contributed by atoms with E-state index in [0.717, 1.165) is 9.80 Å². The van der Waals surface area contributed by atoms with E-state index in [1.807, 2.05) is 0 Å². The molecule has 1 heterocycles.